The fourth-order valence-electron chi connectivity index (χ4n) is 3.08. The monoisotopic (exact) mass is 316 g/mol. The maximum absolute atomic E-state index is 12.5. The minimum atomic E-state index is -0.214. The Balaban J connectivity index is 1.82. The van der Waals surface area contributed by atoms with Gasteiger partial charge in [-0.25, -0.2) is 0 Å². The summed E-state index contributed by atoms with van der Waals surface area (Å²) in [4.78, 5) is 27.2. The average Bonchev–Trinajstić information content (AvgIpc) is 2.95. The molecule has 1 aromatic heterocycles. The summed E-state index contributed by atoms with van der Waals surface area (Å²) in [7, 11) is 0. The molecule has 1 aliphatic rings. The highest BCUT2D eigenvalue weighted by atomic mass is 32.2. The lowest BCUT2D eigenvalue weighted by Gasteiger charge is -2.20. The van der Waals surface area contributed by atoms with Gasteiger partial charge in [0.1, 0.15) is 5.69 Å². The van der Waals surface area contributed by atoms with E-state index in [-0.39, 0.29) is 17.5 Å². The molecule has 2 atom stereocenters. The second kappa shape index (κ2) is 6.57. The number of H-pyrrole nitrogens is 1. The van der Waals surface area contributed by atoms with Crippen LogP contribution in [0.4, 0.5) is 0 Å². The van der Waals surface area contributed by atoms with Crippen LogP contribution in [0.1, 0.15) is 36.7 Å². The highest BCUT2D eigenvalue weighted by Crippen LogP contribution is 2.30. The zero-order chi connectivity index (χ0) is 15.5. The number of amides is 1. The van der Waals surface area contributed by atoms with Gasteiger partial charge in [0.05, 0.1) is 0 Å². The molecule has 2 aromatic rings. The molecule has 0 spiro atoms. The number of nitrogens with one attached hydrogen (secondary N) is 2. The van der Waals surface area contributed by atoms with Crippen LogP contribution in [0.3, 0.4) is 0 Å². The van der Waals surface area contributed by atoms with Crippen molar-refractivity contribution in [3.8, 4) is 0 Å². The van der Waals surface area contributed by atoms with Crippen molar-refractivity contribution in [1.29, 1.82) is 0 Å². The Labute approximate surface area is 133 Å². The third-order valence-corrected chi connectivity index (χ3v) is 5.47. The molecular weight excluding hydrogens is 296 g/mol. The quantitative estimate of drug-likeness (QED) is 0.911. The van der Waals surface area contributed by atoms with Crippen LogP contribution in [0.25, 0.3) is 10.8 Å². The predicted molar refractivity (Wildman–Crippen MR) is 91.6 cm³/mol. The van der Waals surface area contributed by atoms with Crippen molar-refractivity contribution in [2.24, 2.45) is 0 Å². The molecule has 3 rings (SSSR count). The van der Waals surface area contributed by atoms with Gasteiger partial charge >= 0.3 is 0 Å². The van der Waals surface area contributed by atoms with Crippen LogP contribution < -0.4 is 10.9 Å². The molecule has 0 aliphatic heterocycles. The summed E-state index contributed by atoms with van der Waals surface area (Å²) in [6.45, 7) is 2.14. The number of rotatable bonds is 4. The van der Waals surface area contributed by atoms with Crippen molar-refractivity contribution >= 4 is 28.4 Å². The Morgan fingerprint density at radius 2 is 2.18 bits per heavy atom. The zero-order valence-electron chi connectivity index (χ0n) is 12.6. The first-order chi connectivity index (χ1) is 10.7. The molecular formula is C17H20N2O2S. The van der Waals surface area contributed by atoms with E-state index in [1.807, 2.05) is 30.0 Å². The Morgan fingerprint density at radius 3 is 3.00 bits per heavy atom. The van der Waals surface area contributed by atoms with Crippen LogP contribution in [0.15, 0.2) is 35.1 Å². The molecule has 0 unspecified atom stereocenters. The number of thioether (sulfide) groups is 1. The summed E-state index contributed by atoms with van der Waals surface area (Å²) < 4.78 is 0. The summed E-state index contributed by atoms with van der Waals surface area (Å²) in [5, 5.41) is 4.98. The van der Waals surface area contributed by atoms with Crippen molar-refractivity contribution in [1.82, 2.24) is 10.3 Å². The van der Waals surface area contributed by atoms with Gasteiger partial charge in [-0.2, -0.15) is 11.8 Å². The molecule has 1 amide bonds. The predicted octanol–water partition coefficient (Wildman–Crippen LogP) is 2.93. The molecule has 1 aromatic carbocycles. The lowest BCUT2D eigenvalue weighted by molar-refractivity contribution is 0.0933. The van der Waals surface area contributed by atoms with E-state index in [2.05, 4.69) is 17.2 Å². The lowest BCUT2D eigenvalue weighted by Crippen LogP contribution is -2.39. The second-order valence-electron chi connectivity index (χ2n) is 5.60. The third kappa shape index (κ3) is 3.04. The molecule has 0 radical (unpaired) electrons. The van der Waals surface area contributed by atoms with E-state index >= 15 is 0 Å². The lowest BCUT2D eigenvalue weighted by atomic mass is 10.1. The maximum Gasteiger partial charge on any atom is 0.268 e. The number of hydrogen-bond donors (Lipinski definition) is 2. The Bertz CT molecular complexity index is 741. The third-order valence-electron chi connectivity index (χ3n) is 4.15. The van der Waals surface area contributed by atoms with Gasteiger partial charge in [-0.15, -0.1) is 0 Å². The fourth-order valence-corrected chi connectivity index (χ4v) is 4.28. The van der Waals surface area contributed by atoms with E-state index in [0.29, 0.717) is 16.3 Å². The van der Waals surface area contributed by atoms with Crippen molar-refractivity contribution in [3.63, 3.8) is 0 Å². The number of fused-ring (bicyclic) bond motifs is 1. The van der Waals surface area contributed by atoms with Crippen molar-refractivity contribution in [3.05, 3.63) is 46.4 Å². The van der Waals surface area contributed by atoms with Crippen LogP contribution in [-0.4, -0.2) is 27.9 Å². The number of pyridine rings is 1. The molecule has 0 bridgehead atoms. The second-order valence-corrected chi connectivity index (χ2v) is 7.12. The number of hydrogen-bond acceptors (Lipinski definition) is 3. The van der Waals surface area contributed by atoms with Gasteiger partial charge in [-0.05, 0) is 36.1 Å². The van der Waals surface area contributed by atoms with E-state index in [1.54, 1.807) is 12.1 Å². The number of carbonyl (C=O) groups is 1. The van der Waals surface area contributed by atoms with E-state index < -0.39 is 0 Å². The van der Waals surface area contributed by atoms with Gasteiger partial charge < -0.3 is 10.3 Å². The van der Waals surface area contributed by atoms with E-state index in [4.69, 9.17) is 0 Å². The fraction of sp³-hybridized carbons (Fsp3) is 0.412. The Morgan fingerprint density at radius 1 is 1.36 bits per heavy atom. The van der Waals surface area contributed by atoms with Gasteiger partial charge in [0.2, 0.25) is 0 Å². The number of aromatic amines is 1. The first-order valence-corrected chi connectivity index (χ1v) is 8.78. The molecule has 1 heterocycles. The first kappa shape index (κ1) is 15.2. The molecule has 22 heavy (non-hydrogen) atoms. The topological polar surface area (TPSA) is 62.0 Å². The first-order valence-electron chi connectivity index (χ1n) is 7.73. The van der Waals surface area contributed by atoms with Crippen LogP contribution in [-0.2, 0) is 0 Å². The van der Waals surface area contributed by atoms with E-state index in [0.717, 1.165) is 30.4 Å². The normalized spacial score (nSPS) is 21.1. The maximum atomic E-state index is 12.5. The van der Waals surface area contributed by atoms with E-state index in [1.165, 1.54) is 0 Å². The van der Waals surface area contributed by atoms with Crippen LogP contribution in [0.5, 0.6) is 0 Å². The molecule has 1 fully saturated rings. The minimum absolute atomic E-state index is 0.184. The number of benzene rings is 1. The van der Waals surface area contributed by atoms with Gasteiger partial charge in [-0.3, -0.25) is 9.59 Å². The summed E-state index contributed by atoms with van der Waals surface area (Å²) >= 11 is 1.90. The largest absolute Gasteiger partial charge is 0.347 e. The van der Waals surface area contributed by atoms with E-state index in [9.17, 15) is 9.59 Å². The van der Waals surface area contributed by atoms with Crippen molar-refractivity contribution < 1.29 is 4.79 Å². The van der Waals surface area contributed by atoms with Gasteiger partial charge in [0.25, 0.3) is 11.5 Å². The minimum Gasteiger partial charge on any atom is -0.347 e. The van der Waals surface area contributed by atoms with Gasteiger partial charge in [0.15, 0.2) is 0 Å². The van der Waals surface area contributed by atoms with Gasteiger partial charge in [-0.1, -0.05) is 31.5 Å². The Kier molecular flexibility index (Phi) is 4.52. The number of aromatic nitrogens is 1. The smallest absolute Gasteiger partial charge is 0.268 e. The SMILES string of the molecule is CCS[C@H]1CCC[C@@H]1NC(=O)c1cc2ccccc2c(=O)[nH]1. The molecule has 1 saturated carbocycles. The molecule has 0 saturated heterocycles. The number of carbonyl (C=O) groups excluding carboxylic acids is 1. The molecule has 2 N–H and O–H groups in total. The summed E-state index contributed by atoms with van der Waals surface area (Å²) in [6.07, 6.45) is 3.32. The van der Waals surface area contributed by atoms with Crippen LogP contribution in [0.2, 0.25) is 0 Å². The van der Waals surface area contributed by atoms with Crippen molar-refractivity contribution in [2.45, 2.75) is 37.5 Å². The molecule has 5 heteroatoms. The molecule has 1 aliphatic carbocycles. The van der Waals surface area contributed by atoms with Crippen molar-refractivity contribution in [2.75, 3.05) is 5.75 Å². The standard InChI is InChI=1S/C17H20N2O2S/c1-2-22-15-9-5-8-13(15)18-17(21)14-10-11-6-3-4-7-12(11)16(20)19-14/h3-4,6-7,10,13,15H,2,5,8-9H2,1H3,(H,18,21)(H,19,20)/t13-,15-/m0/s1. The summed E-state index contributed by atoms with van der Waals surface area (Å²) in [6, 6.07) is 9.26. The van der Waals surface area contributed by atoms with Gasteiger partial charge in [0, 0.05) is 16.7 Å². The zero-order valence-corrected chi connectivity index (χ0v) is 13.4. The van der Waals surface area contributed by atoms with Crippen LogP contribution in [0, 0.1) is 0 Å². The summed E-state index contributed by atoms with van der Waals surface area (Å²) in [5.41, 5.74) is 0.130. The Hall–Kier alpha value is -1.75. The average molecular weight is 316 g/mol. The van der Waals surface area contributed by atoms with Crippen LogP contribution >= 0.6 is 11.8 Å². The summed E-state index contributed by atoms with van der Waals surface area (Å²) in [5.74, 6) is 0.876. The highest BCUT2D eigenvalue weighted by molar-refractivity contribution is 7.99. The molecule has 116 valence electrons. The molecule has 4 nitrogen and oxygen atoms in total. The highest BCUT2D eigenvalue weighted by Gasteiger charge is 2.28.